The van der Waals surface area contributed by atoms with Crippen LogP contribution in [0, 0.1) is 0 Å². The molecule has 2 amide bonds. The first-order valence-corrected chi connectivity index (χ1v) is 5.96. The van der Waals surface area contributed by atoms with Crippen LogP contribution in [0.4, 0.5) is 10.5 Å². The molecule has 0 spiro atoms. The van der Waals surface area contributed by atoms with Gasteiger partial charge in [0.1, 0.15) is 0 Å². The molecule has 2 rings (SSSR count). The minimum atomic E-state index is -0.431. The van der Waals surface area contributed by atoms with Crippen LogP contribution in [0.3, 0.4) is 0 Å². The van der Waals surface area contributed by atoms with Gasteiger partial charge in [-0.2, -0.15) is 0 Å². The molecule has 5 heteroatoms. The second kappa shape index (κ2) is 5.08. The molecular formula is C13H16N2O3. The highest BCUT2D eigenvalue weighted by Crippen LogP contribution is 2.26. The molecule has 1 aromatic carbocycles. The highest BCUT2D eigenvalue weighted by molar-refractivity contribution is 5.99. The van der Waals surface area contributed by atoms with Crippen molar-refractivity contribution in [2.45, 2.75) is 26.3 Å². The topological polar surface area (TPSA) is 67.4 Å². The minimum Gasteiger partial charge on any atom is -0.450 e. The maximum absolute atomic E-state index is 11.3. The number of anilines is 1. The van der Waals surface area contributed by atoms with E-state index in [1.165, 1.54) is 0 Å². The number of ether oxygens (including phenoxy) is 1. The van der Waals surface area contributed by atoms with Crippen molar-refractivity contribution >= 4 is 17.7 Å². The van der Waals surface area contributed by atoms with Crippen LogP contribution in [0.25, 0.3) is 0 Å². The number of hydrogen-bond acceptors (Lipinski definition) is 3. The maximum atomic E-state index is 11.3. The van der Waals surface area contributed by atoms with Gasteiger partial charge < -0.3 is 15.4 Å². The van der Waals surface area contributed by atoms with Crippen LogP contribution in [-0.4, -0.2) is 18.6 Å². The molecule has 18 heavy (non-hydrogen) atoms. The third-order valence-electron chi connectivity index (χ3n) is 2.86. The molecule has 2 N–H and O–H groups in total. The van der Waals surface area contributed by atoms with E-state index in [1.807, 2.05) is 25.1 Å². The van der Waals surface area contributed by atoms with E-state index in [1.54, 1.807) is 6.92 Å². The van der Waals surface area contributed by atoms with Gasteiger partial charge in [-0.3, -0.25) is 4.79 Å². The summed E-state index contributed by atoms with van der Waals surface area (Å²) in [5.41, 5.74) is 2.78. The fourth-order valence-electron chi connectivity index (χ4n) is 1.95. The van der Waals surface area contributed by atoms with Crippen molar-refractivity contribution in [3.05, 3.63) is 29.3 Å². The zero-order chi connectivity index (χ0) is 13.1. The number of alkyl carbamates (subject to hydrolysis) is 1. The first-order valence-electron chi connectivity index (χ1n) is 5.96. The van der Waals surface area contributed by atoms with E-state index >= 15 is 0 Å². The van der Waals surface area contributed by atoms with Gasteiger partial charge in [0.15, 0.2) is 0 Å². The lowest BCUT2D eigenvalue weighted by atomic mass is 10.0. The predicted molar refractivity (Wildman–Crippen MR) is 67.3 cm³/mol. The third-order valence-corrected chi connectivity index (χ3v) is 2.86. The Morgan fingerprint density at radius 1 is 1.56 bits per heavy atom. The van der Waals surface area contributed by atoms with Crippen LogP contribution >= 0.6 is 0 Å². The first-order chi connectivity index (χ1) is 8.60. The van der Waals surface area contributed by atoms with Gasteiger partial charge in [-0.1, -0.05) is 12.1 Å². The monoisotopic (exact) mass is 248 g/mol. The Morgan fingerprint density at radius 3 is 3.06 bits per heavy atom. The Balaban J connectivity index is 2.08. The molecule has 1 aliphatic rings. The average molecular weight is 248 g/mol. The van der Waals surface area contributed by atoms with Crippen LogP contribution < -0.4 is 10.6 Å². The molecular weight excluding hydrogens is 232 g/mol. The number of carbonyl (C=O) groups excluding carboxylic acids is 2. The van der Waals surface area contributed by atoms with Crippen molar-refractivity contribution in [1.29, 1.82) is 0 Å². The normalized spacial score (nSPS) is 14.7. The molecule has 0 aromatic heterocycles. The van der Waals surface area contributed by atoms with Crippen molar-refractivity contribution in [1.82, 2.24) is 5.32 Å². The Morgan fingerprint density at radius 2 is 2.33 bits per heavy atom. The Hall–Kier alpha value is -2.04. The van der Waals surface area contributed by atoms with Crippen LogP contribution in [0.1, 0.15) is 31.0 Å². The van der Waals surface area contributed by atoms with Gasteiger partial charge in [0.05, 0.1) is 19.1 Å². The smallest absolute Gasteiger partial charge is 0.407 e. The van der Waals surface area contributed by atoms with E-state index in [2.05, 4.69) is 10.6 Å². The van der Waals surface area contributed by atoms with E-state index in [4.69, 9.17) is 4.74 Å². The summed E-state index contributed by atoms with van der Waals surface area (Å²) in [4.78, 5) is 22.6. The molecule has 1 heterocycles. The van der Waals surface area contributed by atoms with Gasteiger partial charge in [0, 0.05) is 5.69 Å². The molecule has 1 atom stereocenters. The van der Waals surface area contributed by atoms with Gasteiger partial charge in [-0.05, 0) is 31.0 Å². The molecule has 1 aliphatic heterocycles. The van der Waals surface area contributed by atoms with Crippen molar-refractivity contribution < 1.29 is 14.3 Å². The summed E-state index contributed by atoms with van der Waals surface area (Å²) in [6, 6.07) is 5.54. The van der Waals surface area contributed by atoms with Crippen LogP contribution in [0.5, 0.6) is 0 Å². The zero-order valence-corrected chi connectivity index (χ0v) is 10.4. The summed E-state index contributed by atoms with van der Waals surface area (Å²) in [7, 11) is 0. The molecule has 0 saturated carbocycles. The van der Waals surface area contributed by atoms with Gasteiger partial charge in [-0.15, -0.1) is 0 Å². The molecule has 5 nitrogen and oxygen atoms in total. The highest BCUT2D eigenvalue weighted by Gasteiger charge is 2.19. The number of rotatable bonds is 3. The summed E-state index contributed by atoms with van der Waals surface area (Å²) >= 11 is 0. The molecule has 96 valence electrons. The molecule has 0 unspecified atom stereocenters. The van der Waals surface area contributed by atoms with Crippen molar-refractivity contribution in [3.63, 3.8) is 0 Å². The molecule has 0 saturated heterocycles. The summed E-state index contributed by atoms with van der Waals surface area (Å²) in [6.45, 7) is 3.99. The lowest BCUT2D eigenvalue weighted by molar-refractivity contribution is -0.115. The number of hydrogen-bond donors (Lipinski definition) is 2. The van der Waals surface area contributed by atoms with Crippen LogP contribution in [-0.2, 0) is 16.0 Å². The fraction of sp³-hybridized carbons (Fsp3) is 0.385. The van der Waals surface area contributed by atoms with Crippen LogP contribution in [0.2, 0.25) is 0 Å². The predicted octanol–water partition coefficient (Wildman–Crippen LogP) is 1.99. The third kappa shape index (κ3) is 2.61. The van der Waals surface area contributed by atoms with Crippen molar-refractivity contribution in [2.75, 3.05) is 11.9 Å². The Labute approximate surface area is 106 Å². The summed E-state index contributed by atoms with van der Waals surface area (Å²) in [5.74, 6) is 0.00755. The SMILES string of the molecule is CCOC(=O)N[C@H](C)c1ccc2c(c1)CC(=O)N2. The summed E-state index contributed by atoms with van der Waals surface area (Å²) < 4.78 is 4.83. The first kappa shape index (κ1) is 12.4. The quantitative estimate of drug-likeness (QED) is 0.859. The molecule has 0 radical (unpaired) electrons. The fourth-order valence-corrected chi connectivity index (χ4v) is 1.95. The standard InChI is InChI=1S/C13H16N2O3/c1-3-18-13(17)14-8(2)9-4-5-11-10(6-9)7-12(16)15-11/h4-6,8H,3,7H2,1-2H3,(H,14,17)(H,15,16)/t8-/m1/s1. The second-order valence-corrected chi connectivity index (χ2v) is 4.23. The van der Waals surface area contributed by atoms with E-state index in [0.29, 0.717) is 13.0 Å². The second-order valence-electron chi connectivity index (χ2n) is 4.23. The minimum absolute atomic E-state index is 0.00755. The lowest BCUT2D eigenvalue weighted by Crippen LogP contribution is -2.27. The maximum Gasteiger partial charge on any atom is 0.407 e. The Bertz CT molecular complexity index is 485. The largest absolute Gasteiger partial charge is 0.450 e. The van der Waals surface area contributed by atoms with Crippen molar-refractivity contribution in [2.24, 2.45) is 0 Å². The number of carbonyl (C=O) groups is 2. The zero-order valence-electron chi connectivity index (χ0n) is 10.4. The van der Waals surface area contributed by atoms with E-state index in [-0.39, 0.29) is 11.9 Å². The highest BCUT2D eigenvalue weighted by atomic mass is 16.5. The van der Waals surface area contributed by atoms with Crippen LogP contribution in [0.15, 0.2) is 18.2 Å². The number of fused-ring (bicyclic) bond motifs is 1. The van der Waals surface area contributed by atoms with Gasteiger partial charge >= 0.3 is 6.09 Å². The molecule has 0 bridgehead atoms. The summed E-state index contributed by atoms with van der Waals surface area (Å²) in [6.07, 6.45) is -0.0327. The Kier molecular flexibility index (Phi) is 3.50. The van der Waals surface area contributed by atoms with E-state index < -0.39 is 6.09 Å². The number of nitrogens with one attached hydrogen (secondary N) is 2. The van der Waals surface area contributed by atoms with E-state index in [9.17, 15) is 9.59 Å². The van der Waals surface area contributed by atoms with Gasteiger partial charge in [-0.25, -0.2) is 4.79 Å². The number of amides is 2. The molecule has 0 fully saturated rings. The number of benzene rings is 1. The average Bonchev–Trinajstić information content (AvgIpc) is 2.68. The molecule has 0 aliphatic carbocycles. The summed E-state index contributed by atoms with van der Waals surface area (Å²) in [5, 5.41) is 5.51. The van der Waals surface area contributed by atoms with Gasteiger partial charge in [0.2, 0.25) is 5.91 Å². The van der Waals surface area contributed by atoms with Gasteiger partial charge in [0.25, 0.3) is 0 Å². The van der Waals surface area contributed by atoms with Crippen molar-refractivity contribution in [3.8, 4) is 0 Å². The molecule has 1 aromatic rings. The lowest BCUT2D eigenvalue weighted by Gasteiger charge is -2.14. The van der Waals surface area contributed by atoms with E-state index in [0.717, 1.165) is 16.8 Å².